The van der Waals surface area contributed by atoms with Crippen molar-refractivity contribution in [3.05, 3.63) is 29.8 Å². The number of hydrogen-bond acceptors (Lipinski definition) is 2. The van der Waals surface area contributed by atoms with Gasteiger partial charge >= 0.3 is 6.61 Å². The molecule has 0 aliphatic heterocycles. The summed E-state index contributed by atoms with van der Waals surface area (Å²) in [7, 11) is 0. The fraction of sp³-hybridized carbons (Fsp3) is 0.462. The molecule has 0 saturated carbocycles. The summed E-state index contributed by atoms with van der Waals surface area (Å²) in [6.45, 7) is -0.966. The molecule has 0 radical (unpaired) electrons. The molecule has 0 fully saturated rings. The molecule has 1 N–H and O–H groups in total. The third kappa shape index (κ3) is 5.42. The van der Waals surface area contributed by atoms with Crippen LogP contribution in [0, 0.1) is 0 Å². The van der Waals surface area contributed by atoms with E-state index in [1.807, 2.05) is 6.92 Å². The van der Waals surface area contributed by atoms with Crippen molar-refractivity contribution in [3.8, 4) is 5.75 Å². The molecule has 1 aromatic rings. The molecule has 0 spiro atoms. The lowest BCUT2D eigenvalue weighted by molar-refractivity contribution is -0.0498. The number of amides is 1. The number of alkyl halides is 3. The number of ether oxygens (including phenoxy) is 1. The molecule has 6 heteroatoms. The molecule has 1 aromatic carbocycles. The second kappa shape index (κ2) is 7.94. The first-order valence-corrected chi connectivity index (χ1v) is 6.52. The van der Waals surface area contributed by atoms with Crippen molar-refractivity contribution in [1.82, 2.24) is 5.32 Å². The predicted molar refractivity (Wildman–Crippen MR) is 70.0 cm³/mol. The molecule has 106 valence electrons. The van der Waals surface area contributed by atoms with Crippen molar-refractivity contribution < 1.29 is 18.3 Å². The van der Waals surface area contributed by atoms with Gasteiger partial charge in [0.05, 0.1) is 0 Å². The summed E-state index contributed by atoms with van der Waals surface area (Å²) in [5, 5.41) is 2.80. The Hall–Kier alpha value is -1.36. The number of benzene rings is 1. The van der Waals surface area contributed by atoms with E-state index in [9.17, 15) is 13.6 Å². The van der Waals surface area contributed by atoms with Crippen molar-refractivity contribution in [1.29, 1.82) is 0 Å². The van der Waals surface area contributed by atoms with E-state index in [1.54, 1.807) is 6.07 Å². The average molecular weight is 292 g/mol. The number of carbonyl (C=O) groups is 1. The van der Waals surface area contributed by atoms with Gasteiger partial charge in [-0.2, -0.15) is 8.78 Å². The monoisotopic (exact) mass is 291 g/mol. The zero-order valence-corrected chi connectivity index (χ0v) is 11.3. The molecule has 0 aliphatic carbocycles. The first-order valence-electron chi connectivity index (χ1n) is 5.98. The van der Waals surface area contributed by atoms with Gasteiger partial charge in [0.2, 0.25) is 0 Å². The van der Waals surface area contributed by atoms with Crippen molar-refractivity contribution in [2.45, 2.75) is 32.4 Å². The summed E-state index contributed by atoms with van der Waals surface area (Å²) < 4.78 is 28.4. The summed E-state index contributed by atoms with van der Waals surface area (Å²) >= 11 is 5.63. The van der Waals surface area contributed by atoms with E-state index in [2.05, 4.69) is 10.1 Å². The lowest BCUT2D eigenvalue weighted by atomic mass is 10.1. The van der Waals surface area contributed by atoms with Crippen LogP contribution >= 0.6 is 11.6 Å². The second-order valence-electron chi connectivity index (χ2n) is 3.96. The molecule has 19 heavy (non-hydrogen) atoms. The van der Waals surface area contributed by atoms with Crippen LogP contribution in [0.15, 0.2) is 24.3 Å². The minimum Gasteiger partial charge on any atom is -0.435 e. The number of halogens is 3. The van der Waals surface area contributed by atoms with Crippen LogP contribution in [-0.2, 0) is 0 Å². The molecule has 0 aromatic heterocycles. The molecule has 1 atom stereocenters. The van der Waals surface area contributed by atoms with Crippen LogP contribution in [0.1, 0.15) is 30.1 Å². The number of rotatable bonds is 7. The maximum Gasteiger partial charge on any atom is 0.387 e. The minimum atomic E-state index is -2.90. The highest BCUT2D eigenvalue weighted by Gasteiger charge is 2.13. The van der Waals surface area contributed by atoms with Crippen molar-refractivity contribution >= 4 is 17.5 Å². The lowest BCUT2D eigenvalue weighted by Crippen LogP contribution is -2.34. The number of hydrogen-bond donors (Lipinski definition) is 1. The molecule has 0 heterocycles. The van der Waals surface area contributed by atoms with Gasteiger partial charge in [0.15, 0.2) is 0 Å². The van der Waals surface area contributed by atoms with Crippen LogP contribution in [0.3, 0.4) is 0 Å². The highest BCUT2D eigenvalue weighted by molar-refractivity contribution is 6.17. The second-order valence-corrected chi connectivity index (χ2v) is 4.34. The van der Waals surface area contributed by atoms with Crippen molar-refractivity contribution in [3.63, 3.8) is 0 Å². The molecule has 0 aliphatic rings. The quantitative estimate of drug-likeness (QED) is 0.782. The Balaban J connectivity index is 2.70. The summed E-state index contributed by atoms with van der Waals surface area (Å²) in [4.78, 5) is 11.9. The van der Waals surface area contributed by atoms with E-state index < -0.39 is 6.61 Å². The number of carbonyl (C=O) groups excluding carboxylic acids is 1. The Labute approximate surface area is 115 Å². The standard InChI is InChI=1S/C13H16ClF2NO2/c1-2-10(6-7-14)17-12(18)9-4-3-5-11(8-9)19-13(15)16/h3-5,8,10,13H,2,6-7H2,1H3,(H,17,18). The maximum atomic E-state index is 12.1. The van der Waals surface area contributed by atoms with Gasteiger partial charge in [-0.3, -0.25) is 4.79 Å². The van der Waals surface area contributed by atoms with E-state index in [0.29, 0.717) is 12.3 Å². The SMILES string of the molecule is CCC(CCCl)NC(=O)c1cccc(OC(F)F)c1. The molecule has 1 rings (SSSR count). The maximum absolute atomic E-state index is 12.1. The first kappa shape index (κ1) is 15.7. The normalized spacial score (nSPS) is 12.3. The van der Waals surface area contributed by atoms with E-state index >= 15 is 0 Å². The van der Waals surface area contributed by atoms with Gasteiger partial charge in [-0.1, -0.05) is 13.0 Å². The summed E-state index contributed by atoms with van der Waals surface area (Å²) in [5.74, 6) is 0.0950. The Morgan fingerprint density at radius 1 is 1.47 bits per heavy atom. The fourth-order valence-corrected chi connectivity index (χ4v) is 1.86. The highest BCUT2D eigenvalue weighted by atomic mass is 35.5. The predicted octanol–water partition coefficient (Wildman–Crippen LogP) is 3.43. The molecular weight excluding hydrogens is 276 g/mol. The third-order valence-electron chi connectivity index (χ3n) is 2.61. The van der Waals surface area contributed by atoms with Gasteiger partial charge in [-0.15, -0.1) is 11.6 Å². The summed E-state index contributed by atoms with van der Waals surface area (Å²) in [6.07, 6.45) is 1.42. The fourth-order valence-electron chi connectivity index (χ4n) is 1.59. The Morgan fingerprint density at radius 3 is 2.79 bits per heavy atom. The molecular formula is C13H16ClF2NO2. The van der Waals surface area contributed by atoms with Gasteiger partial charge in [0.25, 0.3) is 5.91 Å². The van der Waals surface area contributed by atoms with Gasteiger partial charge in [-0.25, -0.2) is 0 Å². The molecule has 1 unspecified atom stereocenters. The summed E-state index contributed by atoms with van der Waals surface area (Å²) in [5.41, 5.74) is 0.283. The Morgan fingerprint density at radius 2 is 2.21 bits per heavy atom. The zero-order valence-electron chi connectivity index (χ0n) is 10.5. The van der Waals surface area contributed by atoms with Crippen LogP contribution < -0.4 is 10.1 Å². The van der Waals surface area contributed by atoms with E-state index in [-0.39, 0.29) is 23.3 Å². The van der Waals surface area contributed by atoms with Gasteiger partial charge in [0.1, 0.15) is 5.75 Å². The van der Waals surface area contributed by atoms with E-state index in [1.165, 1.54) is 18.2 Å². The topological polar surface area (TPSA) is 38.3 Å². The van der Waals surface area contributed by atoms with Crippen LogP contribution in [0.25, 0.3) is 0 Å². The number of nitrogens with one attached hydrogen (secondary N) is 1. The van der Waals surface area contributed by atoms with Gasteiger partial charge in [-0.05, 0) is 31.0 Å². The first-order chi connectivity index (χ1) is 9.06. The van der Waals surface area contributed by atoms with Crippen LogP contribution in [0.4, 0.5) is 8.78 Å². The largest absolute Gasteiger partial charge is 0.435 e. The Bertz CT molecular complexity index is 415. The van der Waals surface area contributed by atoms with Gasteiger partial charge in [0, 0.05) is 17.5 Å². The Kier molecular flexibility index (Phi) is 6.56. The van der Waals surface area contributed by atoms with E-state index in [0.717, 1.165) is 6.42 Å². The van der Waals surface area contributed by atoms with Crippen LogP contribution in [-0.4, -0.2) is 24.4 Å². The average Bonchev–Trinajstić information content (AvgIpc) is 2.37. The van der Waals surface area contributed by atoms with Crippen LogP contribution in [0.5, 0.6) is 5.75 Å². The molecule has 1 amide bonds. The molecule has 0 saturated heterocycles. The van der Waals surface area contributed by atoms with Gasteiger partial charge < -0.3 is 10.1 Å². The van der Waals surface area contributed by atoms with Crippen molar-refractivity contribution in [2.24, 2.45) is 0 Å². The van der Waals surface area contributed by atoms with Crippen LogP contribution in [0.2, 0.25) is 0 Å². The lowest BCUT2D eigenvalue weighted by Gasteiger charge is -2.16. The smallest absolute Gasteiger partial charge is 0.387 e. The van der Waals surface area contributed by atoms with Crippen molar-refractivity contribution in [2.75, 3.05) is 5.88 Å². The highest BCUT2D eigenvalue weighted by Crippen LogP contribution is 2.16. The molecule has 0 bridgehead atoms. The van der Waals surface area contributed by atoms with E-state index in [4.69, 9.17) is 11.6 Å². The minimum absolute atomic E-state index is 0.0235. The summed E-state index contributed by atoms with van der Waals surface area (Å²) in [6, 6.07) is 5.68. The zero-order chi connectivity index (χ0) is 14.3. The third-order valence-corrected chi connectivity index (χ3v) is 2.83. The molecule has 3 nitrogen and oxygen atoms in total.